The smallest absolute Gasteiger partial charge is 0.0313 e. The lowest BCUT2D eigenvalue weighted by Gasteiger charge is -2.33. The molecule has 2 heterocycles. The fourth-order valence-electron chi connectivity index (χ4n) is 2.06. The van der Waals surface area contributed by atoms with E-state index in [4.69, 9.17) is 0 Å². The van der Waals surface area contributed by atoms with Gasteiger partial charge in [0.15, 0.2) is 0 Å². The summed E-state index contributed by atoms with van der Waals surface area (Å²) in [6.45, 7) is 8.72. The summed E-state index contributed by atoms with van der Waals surface area (Å²) in [6.07, 6.45) is 3.88. The van der Waals surface area contributed by atoms with Gasteiger partial charge in [0.25, 0.3) is 0 Å². The highest BCUT2D eigenvalue weighted by atomic mass is 15.2. The average molecular weight is 205 g/mol. The lowest BCUT2D eigenvalue weighted by Crippen LogP contribution is -2.49. The van der Waals surface area contributed by atoms with Crippen molar-refractivity contribution in [2.24, 2.45) is 0 Å². The Morgan fingerprint density at radius 1 is 1.53 bits per heavy atom. The number of hydrogen-bond acceptors (Lipinski definition) is 3. The van der Waals surface area contributed by atoms with Gasteiger partial charge in [0.2, 0.25) is 0 Å². The number of piperazine rings is 1. The van der Waals surface area contributed by atoms with Gasteiger partial charge in [-0.1, -0.05) is 6.07 Å². The minimum atomic E-state index is 0.624. The van der Waals surface area contributed by atoms with Crippen LogP contribution >= 0.6 is 0 Å². The van der Waals surface area contributed by atoms with Crippen molar-refractivity contribution in [1.82, 2.24) is 15.2 Å². The van der Waals surface area contributed by atoms with Crippen LogP contribution in [0.5, 0.6) is 0 Å². The van der Waals surface area contributed by atoms with Crippen LogP contribution in [0, 0.1) is 6.92 Å². The topological polar surface area (TPSA) is 28.2 Å². The molecular formula is C12H19N3. The molecule has 0 saturated carbocycles. The van der Waals surface area contributed by atoms with Crippen molar-refractivity contribution in [1.29, 1.82) is 0 Å². The zero-order valence-electron chi connectivity index (χ0n) is 9.53. The summed E-state index contributed by atoms with van der Waals surface area (Å²) in [4.78, 5) is 6.74. The Morgan fingerprint density at radius 3 is 3.13 bits per heavy atom. The highest BCUT2D eigenvalue weighted by Gasteiger charge is 2.17. The summed E-state index contributed by atoms with van der Waals surface area (Å²) < 4.78 is 0. The monoisotopic (exact) mass is 205 g/mol. The molecule has 1 aliphatic heterocycles. The van der Waals surface area contributed by atoms with Crippen molar-refractivity contribution in [3.63, 3.8) is 0 Å². The average Bonchev–Trinajstić information content (AvgIpc) is 2.22. The maximum absolute atomic E-state index is 4.23. The van der Waals surface area contributed by atoms with Crippen LogP contribution in [0.15, 0.2) is 18.5 Å². The van der Waals surface area contributed by atoms with Crippen LogP contribution < -0.4 is 5.32 Å². The maximum Gasteiger partial charge on any atom is 0.0313 e. The molecule has 2 rings (SSSR count). The molecule has 3 nitrogen and oxygen atoms in total. The van der Waals surface area contributed by atoms with Crippen molar-refractivity contribution in [3.8, 4) is 0 Å². The van der Waals surface area contributed by atoms with Gasteiger partial charge in [0.05, 0.1) is 0 Å². The molecule has 1 fully saturated rings. The lowest BCUT2D eigenvalue weighted by atomic mass is 10.1. The first-order chi connectivity index (χ1) is 7.25. The molecule has 1 aromatic rings. The Kier molecular flexibility index (Phi) is 3.34. The van der Waals surface area contributed by atoms with Gasteiger partial charge < -0.3 is 5.32 Å². The molecule has 1 N–H and O–H groups in total. The maximum atomic E-state index is 4.23. The van der Waals surface area contributed by atoms with Crippen LogP contribution in [0.3, 0.4) is 0 Å². The van der Waals surface area contributed by atoms with Crippen molar-refractivity contribution < 1.29 is 0 Å². The molecule has 0 aromatic carbocycles. The van der Waals surface area contributed by atoms with Gasteiger partial charge in [-0.2, -0.15) is 0 Å². The van der Waals surface area contributed by atoms with Gasteiger partial charge in [-0.15, -0.1) is 0 Å². The second-order valence-electron chi connectivity index (χ2n) is 4.39. The van der Waals surface area contributed by atoms with Crippen molar-refractivity contribution in [2.45, 2.75) is 26.4 Å². The molecule has 1 saturated heterocycles. The van der Waals surface area contributed by atoms with Crippen molar-refractivity contribution in [3.05, 3.63) is 29.6 Å². The summed E-state index contributed by atoms with van der Waals surface area (Å²) >= 11 is 0. The number of nitrogens with one attached hydrogen (secondary N) is 1. The summed E-state index contributed by atoms with van der Waals surface area (Å²) in [5.41, 5.74) is 2.57. The Balaban J connectivity index is 2.01. The Hall–Kier alpha value is -0.930. The SMILES string of the molecule is Cc1cncc(CN2CCNC[C@H]2C)c1. The van der Waals surface area contributed by atoms with Gasteiger partial charge in [-0.25, -0.2) is 0 Å². The molecule has 0 spiro atoms. The third-order valence-corrected chi connectivity index (χ3v) is 2.96. The second kappa shape index (κ2) is 4.73. The van der Waals surface area contributed by atoms with Gasteiger partial charge in [0.1, 0.15) is 0 Å². The van der Waals surface area contributed by atoms with E-state index in [1.54, 1.807) is 0 Å². The molecule has 0 amide bonds. The summed E-state index contributed by atoms with van der Waals surface area (Å²) in [6, 6.07) is 2.85. The molecule has 1 atom stereocenters. The number of aryl methyl sites for hydroxylation is 1. The fraction of sp³-hybridized carbons (Fsp3) is 0.583. The number of rotatable bonds is 2. The van der Waals surface area contributed by atoms with Crippen LogP contribution in [0.1, 0.15) is 18.1 Å². The third-order valence-electron chi connectivity index (χ3n) is 2.96. The van der Waals surface area contributed by atoms with E-state index in [0.717, 1.165) is 26.2 Å². The fourth-order valence-corrected chi connectivity index (χ4v) is 2.06. The molecule has 1 aliphatic rings. The highest BCUT2D eigenvalue weighted by Crippen LogP contribution is 2.10. The van der Waals surface area contributed by atoms with Gasteiger partial charge in [0, 0.05) is 44.6 Å². The van der Waals surface area contributed by atoms with Gasteiger partial charge in [-0.3, -0.25) is 9.88 Å². The predicted molar refractivity (Wildman–Crippen MR) is 61.7 cm³/mol. The zero-order chi connectivity index (χ0) is 10.7. The number of hydrogen-bond donors (Lipinski definition) is 1. The lowest BCUT2D eigenvalue weighted by molar-refractivity contribution is 0.165. The second-order valence-corrected chi connectivity index (χ2v) is 4.39. The molecular weight excluding hydrogens is 186 g/mol. The van der Waals surface area contributed by atoms with Crippen molar-refractivity contribution >= 4 is 0 Å². The Bertz CT molecular complexity index is 324. The van der Waals surface area contributed by atoms with E-state index in [-0.39, 0.29) is 0 Å². The molecule has 82 valence electrons. The Labute approximate surface area is 91.5 Å². The van der Waals surface area contributed by atoms with Gasteiger partial charge in [-0.05, 0) is 25.0 Å². The number of aromatic nitrogens is 1. The number of nitrogens with zero attached hydrogens (tertiary/aromatic N) is 2. The number of pyridine rings is 1. The van der Waals surface area contributed by atoms with E-state index < -0.39 is 0 Å². The first kappa shape index (κ1) is 10.6. The quantitative estimate of drug-likeness (QED) is 0.786. The first-order valence-electron chi connectivity index (χ1n) is 5.61. The first-order valence-corrected chi connectivity index (χ1v) is 5.61. The van der Waals surface area contributed by atoms with E-state index in [1.165, 1.54) is 11.1 Å². The van der Waals surface area contributed by atoms with Crippen LogP contribution in [0.4, 0.5) is 0 Å². The largest absolute Gasteiger partial charge is 0.314 e. The molecule has 0 unspecified atom stereocenters. The molecule has 0 radical (unpaired) electrons. The predicted octanol–water partition coefficient (Wildman–Crippen LogP) is 1.18. The van der Waals surface area contributed by atoms with Gasteiger partial charge >= 0.3 is 0 Å². The summed E-state index contributed by atoms with van der Waals surface area (Å²) in [7, 11) is 0. The van der Waals surface area contributed by atoms with Crippen LogP contribution in [-0.4, -0.2) is 35.6 Å². The highest BCUT2D eigenvalue weighted by molar-refractivity contribution is 5.16. The normalized spacial score (nSPS) is 22.9. The van der Waals surface area contributed by atoms with Crippen LogP contribution in [0.2, 0.25) is 0 Å². The minimum absolute atomic E-state index is 0.624. The van der Waals surface area contributed by atoms with Crippen molar-refractivity contribution in [2.75, 3.05) is 19.6 Å². The summed E-state index contributed by atoms with van der Waals surface area (Å²) in [5.74, 6) is 0. The van der Waals surface area contributed by atoms with E-state index >= 15 is 0 Å². The minimum Gasteiger partial charge on any atom is -0.314 e. The Morgan fingerprint density at radius 2 is 2.40 bits per heavy atom. The van der Waals surface area contributed by atoms with E-state index in [2.05, 4.69) is 35.1 Å². The molecule has 0 bridgehead atoms. The van der Waals surface area contributed by atoms with E-state index in [0.29, 0.717) is 6.04 Å². The van der Waals surface area contributed by atoms with E-state index in [1.807, 2.05) is 12.4 Å². The molecule has 15 heavy (non-hydrogen) atoms. The summed E-state index contributed by atoms with van der Waals surface area (Å²) in [5, 5.41) is 3.40. The third kappa shape index (κ3) is 2.76. The van der Waals surface area contributed by atoms with Crippen LogP contribution in [-0.2, 0) is 6.54 Å². The zero-order valence-corrected chi connectivity index (χ0v) is 9.53. The standard InChI is InChI=1S/C12H19N3/c1-10-5-12(8-14-6-10)9-15-4-3-13-7-11(15)2/h5-6,8,11,13H,3-4,7,9H2,1-2H3/t11-/m1/s1. The molecule has 1 aromatic heterocycles. The molecule has 3 heteroatoms. The van der Waals surface area contributed by atoms with Crippen LogP contribution in [0.25, 0.3) is 0 Å². The van der Waals surface area contributed by atoms with E-state index in [9.17, 15) is 0 Å². The molecule has 0 aliphatic carbocycles.